The molecule has 0 saturated heterocycles. The van der Waals surface area contributed by atoms with Crippen molar-refractivity contribution >= 4 is 22.6 Å². The number of benzene rings is 1. The van der Waals surface area contributed by atoms with Crippen LogP contribution in [0, 0.1) is 5.92 Å². The Hall–Kier alpha value is -1.06. The number of rotatable bonds is 2. The number of nitrogens with two attached hydrogens (primary N) is 1. The molecule has 1 aliphatic rings. The van der Waals surface area contributed by atoms with Crippen LogP contribution >= 0.6 is 11.6 Å². The minimum atomic E-state index is -0.320. The Morgan fingerprint density at radius 2 is 2.00 bits per heavy atom. The van der Waals surface area contributed by atoms with Crippen molar-refractivity contribution in [1.82, 2.24) is 9.55 Å². The quantitative estimate of drug-likeness (QED) is 0.878. The van der Waals surface area contributed by atoms with Gasteiger partial charge >= 0.3 is 0 Å². The molecule has 2 N–H and O–H groups in total. The maximum absolute atomic E-state index is 6.77. The summed E-state index contributed by atoms with van der Waals surface area (Å²) in [6.45, 7) is 6.65. The lowest BCUT2D eigenvalue weighted by Crippen LogP contribution is -2.42. The van der Waals surface area contributed by atoms with Gasteiger partial charge < -0.3 is 10.3 Å². The summed E-state index contributed by atoms with van der Waals surface area (Å²) in [5, 5.41) is 0.757. The number of imidazole rings is 1. The molecule has 114 valence electrons. The summed E-state index contributed by atoms with van der Waals surface area (Å²) in [6, 6.07) is 6.21. The summed E-state index contributed by atoms with van der Waals surface area (Å²) in [5.74, 6) is 1.77. The predicted molar refractivity (Wildman–Crippen MR) is 88.6 cm³/mol. The van der Waals surface area contributed by atoms with Gasteiger partial charge in [-0.15, -0.1) is 0 Å². The molecule has 1 aliphatic carbocycles. The zero-order valence-corrected chi connectivity index (χ0v) is 13.8. The first-order valence-electron chi connectivity index (χ1n) is 7.88. The van der Waals surface area contributed by atoms with Gasteiger partial charge in [0.05, 0.1) is 21.6 Å². The van der Waals surface area contributed by atoms with Crippen molar-refractivity contribution in [2.24, 2.45) is 11.7 Å². The van der Waals surface area contributed by atoms with E-state index in [1.165, 1.54) is 12.8 Å². The maximum atomic E-state index is 6.77. The highest BCUT2D eigenvalue weighted by atomic mass is 35.5. The van der Waals surface area contributed by atoms with E-state index in [-0.39, 0.29) is 5.54 Å². The Morgan fingerprint density at radius 1 is 1.33 bits per heavy atom. The van der Waals surface area contributed by atoms with Gasteiger partial charge in [-0.05, 0) is 57.6 Å². The molecule has 0 spiro atoms. The average molecular weight is 306 g/mol. The SMILES string of the molecule is CC1CCC(N)(c2nc3cccc(Cl)c3n2C(C)C)CC1. The lowest BCUT2D eigenvalue weighted by Gasteiger charge is -2.36. The first kappa shape index (κ1) is 14.9. The number of hydrogen-bond donors (Lipinski definition) is 1. The van der Waals surface area contributed by atoms with E-state index in [2.05, 4.69) is 25.3 Å². The third kappa shape index (κ3) is 2.47. The predicted octanol–water partition coefficient (Wildman–Crippen LogP) is 4.63. The monoisotopic (exact) mass is 305 g/mol. The van der Waals surface area contributed by atoms with E-state index < -0.39 is 0 Å². The maximum Gasteiger partial charge on any atom is 0.130 e. The Kier molecular flexibility index (Phi) is 3.74. The van der Waals surface area contributed by atoms with Gasteiger partial charge in [0.25, 0.3) is 0 Å². The zero-order valence-electron chi connectivity index (χ0n) is 13.1. The fourth-order valence-corrected chi connectivity index (χ4v) is 3.72. The molecule has 0 amide bonds. The van der Waals surface area contributed by atoms with Gasteiger partial charge in [-0.1, -0.05) is 24.6 Å². The van der Waals surface area contributed by atoms with Crippen LogP contribution in [0.25, 0.3) is 11.0 Å². The van der Waals surface area contributed by atoms with Crippen LogP contribution in [0.4, 0.5) is 0 Å². The molecule has 0 bridgehead atoms. The number of aromatic nitrogens is 2. The van der Waals surface area contributed by atoms with E-state index in [4.69, 9.17) is 22.3 Å². The molecule has 1 aromatic heterocycles. The molecule has 1 aromatic carbocycles. The zero-order chi connectivity index (χ0) is 15.2. The van der Waals surface area contributed by atoms with Crippen molar-refractivity contribution in [3.63, 3.8) is 0 Å². The molecule has 3 rings (SSSR count). The van der Waals surface area contributed by atoms with E-state index in [1.54, 1.807) is 0 Å². The molecule has 21 heavy (non-hydrogen) atoms. The molecule has 1 saturated carbocycles. The van der Waals surface area contributed by atoms with Crippen molar-refractivity contribution in [3.8, 4) is 0 Å². The van der Waals surface area contributed by atoms with Crippen molar-refractivity contribution < 1.29 is 0 Å². The van der Waals surface area contributed by atoms with Gasteiger partial charge in [-0.3, -0.25) is 0 Å². The Balaban J connectivity index is 2.18. The van der Waals surface area contributed by atoms with Gasteiger partial charge in [0.2, 0.25) is 0 Å². The second-order valence-corrected chi connectivity index (χ2v) is 7.25. The van der Waals surface area contributed by atoms with Gasteiger partial charge in [-0.25, -0.2) is 4.98 Å². The van der Waals surface area contributed by atoms with Crippen molar-refractivity contribution in [1.29, 1.82) is 0 Å². The van der Waals surface area contributed by atoms with Crippen LogP contribution in [0.3, 0.4) is 0 Å². The summed E-state index contributed by atoms with van der Waals surface area (Å²) in [5.41, 5.74) is 8.42. The largest absolute Gasteiger partial charge is 0.323 e. The molecule has 2 aromatic rings. The van der Waals surface area contributed by atoms with E-state index in [0.717, 1.165) is 40.6 Å². The van der Waals surface area contributed by atoms with Gasteiger partial charge in [0, 0.05) is 6.04 Å². The summed E-state index contributed by atoms with van der Waals surface area (Å²) in [6.07, 6.45) is 4.35. The van der Waals surface area contributed by atoms with Crippen LogP contribution in [0.15, 0.2) is 18.2 Å². The highest BCUT2D eigenvalue weighted by Gasteiger charge is 2.37. The second-order valence-electron chi connectivity index (χ2n) is 6.85. The first-order chi connectivity index (χ1) is 9.92. The van der Waals surface area contributed by atoms with Gasteiger partial charge in [-0.2, -0.15) is 0 Å². The first-order valence-corrected chi connectivity index (χ1v) is 8.26. The van der Waals surface area contributed by atoms with Crippen LogP contribution in [0.2, 0.25) is 5.02 Å². The lowest BCUT2D eigenvalue weighted by molar-refractivity contribution is 0.229. The molecule has 0 atom stereocenters. The van der Waals surface area contributed by atoms with Crippen molar-refractivity contribution in [2.75, 3.05) is 0 Å². The van der Waals surface area contributed by atoms with E-state index in [0.29, 0.717) is 6.04 Å². The fourth-order valence-electron chi connectivity index (χ4n) is 3.46. The fraction of sp³-hybridized carbons (Fsp3) is 0.588. The smallest absolute Gasteiger partial charge is 0.130 e. The van der Waals surface area contributed by atoms with E-state index >= 15 is 0 Å². The molecule has 4 heteroatoms. The molecule has 0 aliphatic heterocycles. The number of hydrogen-bond acceptors (Lipinski definition) is 2. The third-order valence-corrected chi connectivity index (χ3v) is 5.09. The van der Waals surface area contributed by atoms with Crippen LogP contribution in [0.5, 0.6) is 0 Å². The number of nitrogens with zero attached hydrogens (tertiary/aromatic N) is 2. The Labute approximate surface area is 131 Å². The molecular weight excluding hydrogens is 282 g/mol. The van der Waals surface area contributed by atoms with Crippen molar-refractivity contribution in [2.45, 2.75) is 58.0 Å². The minimum absolute atomic E-state index is 0.296. The highest BCUT2D eigenvalue weighted by Crippen LogP contribution is 2.40. The molecular formula is C17H24ClN3. The minimum Gasteiger partial charge on any atom is -0.323 e. The lowest BCUT2D eigenvalue weighted by atomic mass is 9.77. The van der Waals surface area contributed by atoms with Crippen LogP contribution in [-0.4, -0.2) is 9.55 Å². The third-order valence-electron chi connectivity index (χ3n) is 4.79. The Bertz CT molecular complexity index is 651. The topological polar surface area (TPSA) is 43.8 Å². The highest BCUT2D eigenvalue weighted by molar-refractivity contribution is 6.35. The van der Waals surface area contributed by atoms with E-state index in [9.17, 15) is 0 Å². The summed E-state index contributed by atoms with van der Waals surface area (Å²) in [4.78, 5) is 4.87. The summed E-state index contributed by atoms with van der Waals surface area (Å²) in [7, 11) is 0. The standard InChI is InChI=1S/C17H24ClN3/c1-11(2)21-15-13(18)5-4-6-14(15)20-16(21)17(19)9-7-12(3)8-10-17/h4-6,11-12H,7-10,19H2,1-3H3. The molecule has 3 nitrogen and oxygen atoms in total. The summed E-state index contributed by atoms with van der Waals surface area (Å²) >= 11 is 6.43. The van der Waals surface area contributed by atoms with Crippen LogP contribution < -0.4 is 5.73 Å². The number of fused-ring (bicyclic) bond motifs is 1. The van der Waals surface area contributed by atoms with Crippen LogP contribution in [-0.2, 0) is 5.54 Å². The van der Waals surface area contributed by atoms with Gasteiger partial charge in [0.15, 0.2) is 0 Å². The van der Waals surface area contributed by atoms with Crippen molar-refractivity contribution in [3.05, 3.63) is 29.0 Å². The van der Waals surface area contributed by atoms with Gasteiger partial charge in [0.1, 0.15) is 5.82 Å². The second kappa shape index (κ2) is 5.29. The van der Waals surface area contributed by atoms with Crippen LogP contribution in [0.1, 0.15) is 58.3 Å². The average Bonchev–Trinajstić information content (AvgIpc) is 2.84. The summed E-state index contributed by atoms with van der Waals surface area (Å²) < 4.78 is 2.24. The number of halogens is 1. The molecule has 0 radical (unpaired) electrons. The molecule has 1 fully saturated rings. The van der Waals surface area contributed by atoms with E-state index in [1.807, 2.05) is 18.2 Å². The molecule has 0 unspecified atom stereocenters. The molecule has 1 heterocycles. The normalized spacial score (nSPS) is 26.7. The number of para-hydroxylation sites is 1. The Morgan fingerprint density at radius 3 is 2.62 bits per heavy atom.